The lowest BCUT2D eigenvalue weighted by molar-refractivity contribution is 0.0105. The molecule has 0 aromatic carbocycles. The van der Waals surface area contributed by atoms with E-state index in [9.17, 15) is 0 Å². The maximum atomic E-state index is 9.05. The van der Waals surface area contributed by atoms with Gasteiger partial charge in [0, 0.05) is 5.54 Å². The van der Waals surface area contributed by atoms with Crippen molar-refractivity contribution in [2.45, 2.75) is 44.1 Å². The maximum absolute atomic E-state index is 9.05. The molecule has 4 fully saturated rings. The molecule has 0 radical (unpaired) electrons. The van der Waals surface area contributed by atoms with E-state index in [1.165, 1.54) is 38.5 Å². The van der Waals surface area contributed by atoms with Crippen LogP contribution in [0.15, 0.2) is 12.1 Å². The van der Waals surface area contributed by atoms with Gasteiger partial charge in [-0.1, -0.05) is 11.6 Å². The number of nitriles is 1. The molecule has 4 saturated carbocycles. The van der Waals surface area contributed by atoms with E-state index < -0.39 is 0 Å². The molecule has 5 rings (SSSR count). The Hall–Kier alpha value is -1.27. The van der Waals surface area contributed by atoms with Crippen molar-refractivity contribution in [3.63, 3.8) is 0 Å². The fourth-order valence-corrected chi connectivity index (χ4v) is 5.37. The summed E-state index contributed by atoms with van der Waals surface area (Å²) in [6.07, 6.45) is 8.05. The van der Waals surface area contributed by atoms with Gasteiger partial charge in [-0.25, -0.2) is 4.98 Å². The molecule has 4 aliphatic rings. The average Bonchev–Trinajstić information content (AvgIpc) is 2.35. The molecule has 4 heteroatoms. The van der Waals surface area contributed by atoms with Crippen LogP contribution in [0, 0.1) is 29.1 Å². The van der Waals surface area contributed by atoms with E-state index in [-0.39, 0.29) is 5.54 Å². The number of hydrogen-bond acceptors (Lipinski definition) is 3. The molecule has 0 aliphatic heterocycles. The minimum atomic E-state index is 0.207. The van der Waals surface area contributed by atoms with E-state index in [2.05, 4.69) is 16.4 Å². The number of aromatic nitrogens is 1. The van der Waals surface area contributed by atoms with E-state index in [4.69, 9.17) is 16.9 Å². The van der Waals surface area contributed by atoms with Crippen LogP contribution in [0.3, 0.4) is 0 Å². The van der Waals surface area contributed by atoms with Gasteiger partial charge in [0.1, 0.15) is 11.0 Å². The van der Waals surface area contributed by atoms with Crippen molar-refractivity contribution < 1.29 is 0 Å². The van der Waals surface area contributed by atoms with Gasteiger partial charge in [-0.05, 0) is 68.4 Å². The smallest absolute Gasteiger partial charge is 0.132 e. The fourth-order valence-electron chi connectivity index (χ4n) is 5.16. The zero-order valence-electron chi connectivity index (χ0n) is 11.4. The number of anilines is 1. The Morgan fingerprint density at radius 3 is 2.30 bits per heavy atom. The van der Waals surface area contributed by atoms with Crippen LogP contribution in [-0.2, 0) is 0 Å². The molecular formula is C16H18ClN3. The molecule has 20 heavy (non-hydrogen) atoms. The minimum Gasteiger partial charge on any atom is -0.365 e. The first-order valence-corrected chi connectivity index (χ1v) is 7.88. The second-order valence-electron chi connectivity index (χ2n) is 7.00. The Morgan fingerprint density at radius 1 is 1.15 bits per heavy atom. The first-order chi connectivity index (χ1) is 9.64. The Labute approximate surface area is 124 Å². The summed E-state index contributed by atoms with van der Waals surface area (Å²) >= 11 is 6.01. The van der Waals surface area contributed by atoms with Gasteiger partial charge in [0.2, 0.25) is 0 Å². The highest BCUT2D eigenvalue weighted by Crippen LogP contribution is 2.56. The van der Waals surface area contributed by atoms with Crippen LogP contribution >= 0.6 is 11.6 Å². The average molecular weight is 288 g/mol. The first kappa shape index (κ1) is 12.5. The summed E-state index contributed by atoms with van der Waals surface area (Å²) in [6, 6.07) is 5.59. The summed E-state index contributed by atoms with van der Waals surface area (Å²) in [5.41, 5.74) is 0.788. The second kappa shape index (κ2) is 4.36. The first-order valence-electron chi connectivity index (χ1n) is 7.50. The van der Waals surface area contributed by atoms with Crippen molar-refractivity contribution in [1.82, 2.24) is 4.98 Å². The fraction of sp³-hybridized carbons (Fsp3) is 0.625. The lowest BCUT2D eigenvalue weighted by Gasteiger charge is -2.57. The predicted octanol–water partition coefficient (Wildman–Crippen LogP) is 3.99. The summed E-state index contributed by atoms with van der Waals surface area (Å²) in [6.45, 7) is 0. The van der Waals surface area contributed by atoms with Gasteiger partial charge in [-0.2, -0.15) is 5.26 Å². The SMILES string of the molecule is N#Cc1cc(Cl)nc(NC23CC4CC(CC(C4)C2)C3)c1. The third kappa shape index (κ3) is 2.07. The molecule has 0 saturated heterocycles. The predicted molar refractivity (Wildman–Crippen MR) is 78.5 cm³/mol. The number of rotatable bonds is 2. The largest absolute Gasteiger partial charge is 0.365 e. The van der Waals surface area contributed by atoms with E-state index >= 15 is 0 Å². The highest BCUT2D eigenvalue weighted by atomic mass is 35.5. The summed E-state index contributed by atoms with van der Waals surface area (Å²) < 4.78 is 0. The van der Waals surface area contributed by atoms with E-state index in [1.807, 2.05) is 6.07 Å². The third-order valence-corrected chi connectivity index (χ3v) is 5.55. The molecule has 0 amide bonds. The third-order valence-electron chi connectivity index (χ3n) is 5.35. The number of nitrogens with one attached hydrogen (secondary N) is 1. The van der Waals surface area contributed by atoms with Crippen molar-refractivity contribution in [3.05, 3.63) is 22.8 Å². The number of pyridine rings is 1. The molecule has 4 bridgehead atoms. The van der Waals surface area contributed by atoms with Crippen LogP contribution in [0.25, 0.3) is 0 Å². The van der Waals surface area contributed by atoms with E-state index in [1.54, 1.807) is 6.07 Å². The van der Waals surface area contributed by atoms with Crippen molar-refractivity contribution in [2.24, 2.45) is 17.8 Å². The van der Waals surface area contributed by atoms with Crippen LogP contribution in [0.1, 0.15) is 44.1 Å². The summed E-state index contributed by atoms with van der Waals surface area (Å²) in [5.74, 6) is 3.45. The number of halogens is 1. The van der Waals surface area contributed by atoms with Gasteiger partial charge in [0.05, 0.1) is 11.6 Å². The van der Waals surface area contributed by atoms with Crippen LogP contribution in [0.4, 0.5) is 5.82 Å². The molecule has 1 aromatic rings. The van der Waals surface area contributed by atoms with Gasteiger partial charge in [-0.3, -0.25) is 0 Å². The van der Waals surface area contributed by atoms with Crippen molar-refractivity contribution in [2.75, 3.05) is 5.32 Å². The van der Waals surface area contributed by atoms with Crippen molar-refractivity contribution >= 4 is 17.4 Å². The zero-order valence-corrected chi connectivity index (χ0v) is 12.2. The number of nitrogens with zero attached hydrogens (tertiary/aromatic N) is 2. The molecule has 1 aromatic heterocycles. The Kier molecular flexibility index (Phi) is 2.72. The summed E-state index contributed by atoms with van der Waals surface area (Å²) in [4.78, 5) is 4.36. The van der Waals surface area contributed by atoms with Crippen molar-refractivity contribution in [1.29, 1.82) is 5.26 Å². The van der Waals surface area contributed by atoms with Gasteiger partial charge < -0.3 is 5.32 Å². The standard InChI is InChI=1S/C16H18ClN3/c17-14-4-13(9-18)5-15(19-14)20-16-6-10-1-11(7-16)3-12(2-10)8-16/h4-5,10-12H,1-3,6-8H2,(H,19,20). The van der Waals surface area contributed by atoms with Gasteiger partial charge >= 0.3 is 0 Å². The van der Waals surface area contributed by atoms with Crippen LogP contribution in [0.2, 0.25) is 5.15 Å². The Balaban J connectivity index is 1.63. The second-order valence-corrected chi connectivity index (χ2v) is 7.39. The molecule has 0 atom stereocenters. The van der Waals surface area contributed by atoms with Gasteiger partial charge in [0.15, 0.2) is 0 Å². The normalized spacial score (nSPS) is 37.7. The lowest BCUT2D eigenvalue weighted by Crippen LogP contribution is -2.54. The molecule has 3 nitrogen and oxygen atoms in total. The molecule has 104 valence electrons. The highest BCUT2D eigenvalue weighted by Gasteiger charge is 2.51. The summed E-state index contributed by atoms with van der Waals surface area (Å²) in [5, 5.41) is 13.1. The molecule has 0 unspecified atom stereocenters. The monoisotopic (exact) mass is 287 g/mol. The van der Waals surface area contributed by atoms with Gasteiger partial charge in [0.25, 0.3) is 0 Å². The number of hydrogen-bond donors (Lipinski definition) is 1. The molecular weight excluding hydrogens is 270 g/mol. The topological polar surface area (TPSA) is 48.7 Å². The van der Waals surface area contributed by atoms with E-state index in [0.29, 0.717) is 10.7 Å². The molecule has 1 heterocycles. The lowest BCUT2D eigenvalue weighted by atomic mass is 9.53. The van der Waals surface area contributed by atoms with Crippen LogP contribution in [0.5, 0.6) is 0 Å². The zero-order chi connectivity index (χ0) is 13.7. The Bertz CT molecular complexity index is 555. The summed E-state index contributed by atoms with van der Waals surface area (Å²) in [7, 11) is 0. The van der Waals surface area contributed by atoms with E-state index in [0.717, 1.165) is 23.6 Å². The maximum Gasteiger partial charge on any atom is 0.132 e. The quantitative estimate of drug-likeness (QED) is 0.837. The van der Waals surface area contributed by atoms with Crippen LogP contribution in [-0.4, -0.2) is 10.5 Å². The van der Waals surface area contributed by atoms with Gasteiger partial charge in [-0.15, -0.1) is 0 Å². The molecule has 0 spiro atoms. The molecule has 4 aliphatic carbocycles. The Morgan fingerprint density at radius 2 is 1.75 bits per heavy atom. The highest BCUT2D eigenvalue weighted by molar-refractivity contribution is 6.29. The minimum absolute atomic E-state index is 0.207. The van der Waals surface area contributed by atoms with Crippen LogP contribution < -0.4 is 5.32 Å². The van der Waals surface area contributed by atoms with Crippen molar-refractivity contribution in [3.8, 4) is 6.07 Å². The molecule has 1 N–H and O–H groups in total.